The summed E-state index contributed by atoms with van der Waals surface area (Å²) in [5.74, 6) is -0.846. The van der Waals surface area contributed by atoms with Crippen LogP contribution in [0.3, 0.4) is 0 Å². The number of halogens is 2. The summed E-state index contributed by atoms with van der Waals surface area (Å²) in [6, 6.07) is 26.5. The van der Waals surface area contributed by atoms with E-state index < -0.39 is 11.8 Å². The van der Waals surface area contributed by atoms with Crippen LogP contribution in [-0.2, 0) is 9.59 Å². The van der Waals surface area contributed by atoms with Gasteiger partial charge in [-0.3, -0.25) is 14.4 Å². The number of rotatable bonds is 9. The summed E-state index contributed by atoms with van der Waals surface area (Å²) in [5.41, 5.74) is 4.31. The van der Waals surface area contributed by atoms with Gasteiger partial charge >= 0.3 is 0 Å². The first-order valence-electron chi connectivity index (χ1n) is 12.6. The maximum atomic E-state index is 13.3. The van der Waals surface area contributed by atoms with Gasteiger partial charge in [0.2, 0.25) is 5.91 Å². The number of amides is 3. The van der Waals surface area contributed by atoms with Crippen LogP contribution in [0.2, 0.25) is 10.0 Å². The van der Waals surface area contributed by atoms with Crippen LogP contribution in [0.5, 0.6) is 0 Å². The lowest BCUT2D eigenvalue weighted by molar-refractivity contribution is -0.114. The van der Waals surface area contributed by atoms with Crippen molar-refractivity contribution in [2.45, 2.75) is 18.7 Å². The summed E-state index contributed by atoms with van der Waals surface area (Å²) in [6.45, 7) is 3.93. The number of benzene rings is 4. The Morgan fingerprint density at radius 1 is 0.829 bits per heavy atom. The predicted octanol–water partition coefficient (Wildman–Crippen LogP) is 7.75. The minimum Gasteiger partial charge on any atom is -0.325 e. The van der Waals surface area contributed by atoms with Crippen molar-refractivity contribution < 1.29 is 14.4 Å². The van der Waals surface area contributed by atoms with Crippen LogP contribution in [-0.4, -0.2) is 23.5 Å². The van der Waals surface area contributed by atoms with E-state index in [0.29, 0.717) is 26.9 Å². The molecule has 0 radical (unpaired) electrons. The van der Waals surface area contributed by atoms with Gasteiger partial charge in [-0.05, 0) is 91.2 Å². The van der Waals surface area contributed by atoms with Gasteiger partial charge < -0.3 is 16.0 Å². The van der Waals surface area contributed by atoms with Crippen molar-refractivity contribution in [3.05, 3.63) is 129 Å². The normalized spacial score (nSPS) is 11.1. The second-order valence-electron chi connectivity index (χ2n) is 9.18. The fourth-order valence-electron chi connectivity index (χ4n) is 3.76. The lowest BCUT2D eigenvalue weighted by Crippen LogP contribution is -2.30. The quantitative estimate of drug-likeness (QED) is 0.135. The van der Waals surface area contributed by atoms with Crippen molar-refractivity contribution in [2.75, 3.05) is 16.4 Å². The predicted molar refractivity (Wildman–Crippen MR) is 169 cm³/mol. The molecule has 0 atom stereocenters. The molecule has 9 heteroatoms. The van der Waals surface area contributed by atoms with E-state index in [0.717, 1.165) is 21.7 Å². The van der Waals surface area contributed by atoms with Crippen molar-refractivity contribution in [3.63, 3.8) is 0 Å². The van der Waals surface area contributed by atoms with Crippen molar-refractivity contribution in [1.82, 2.24) is 5.32 Å². The van der Waals surface area contributed by atoms with E-state index in [2.05, 4.69) is 16.0 Å². The molecule has 0 aromatic heterocycles. The first kappa shape index (κ1) is 29.9. The Morgan fingerprint density at radius 3 is 2.27 bits per heavy atom. The van der Waals surface area contributed by atoms with E-state index >= 15 is 0 Å². The number of hydrogen-bond acceptors (Lipinski definition) is 4. The first-order valence-corrected chi connectivity index (χ1v) is 14.4. The van der Waals surface area contributed by atoms with E-state index in [-0.39, 0.29) is 17.4 Å². The molecule has 3 amide bonds. The molecule has 0 aliphatic heterocycles. The largest absolute Gasteiger partial charge is 0.325 e. The van der Waals surface area contributed by atoms with Crippen molar-refractivity contribution in [3.8, 4) is 0 Å². The van der Waals surface area contributed by atoms with Crippen molar-refractivity contribution in [2.24, 2.45) is 0 Å². The van der Waals surface area contributed by atoms with Crippen LogP contribution in [0, 0.1) is 13.8 Å². The molecule has 3 N–H and O–H groups in total. The molecule has 0 spiro atoms. The van der Waals surface area contributed by atoms with Crippen molar-refractivity contribution in [1.29, 1.82) is 0 Å². The number of thioether (sulfide) groups is 1. The fraction of sp³-hybridized carbons (Fsp3) is 0.0938. The minimum atomic E-state index is -0.534. The third-order valence-corrected chi connectivity index (χ3v) is 7.51. The number of carbonyl (C=O) groups is 3. The van der Waals surface area contributed by atoms with Crippen LogP contribution in [0.1, 0.15) is 27.0 Å². The van der Waals surface area contributed by atoms with Crippen LogP contribution in [0.4, 0.5) is 11.4 Å². The Labute approximate surface area is 253 Å². The Morgan fingerprint density at radius 2 is 1.56 bits per heavy atom. The summed E-state index contributed by atoms with van der Waals surface area (Å²) in [4.78, 5) is 39.4. The lowest BCUT2D eigenvalue weighted by atomic mass is 10.1. The highest BCUT2D eigenvalue weighted by Gasteiger charge is 2.16. The van der Waals surface area contributed by atoms with Gasteiger partial charge in [0.25, 0.3) is 11.8 Å². The van der Waals surface area contributed by atoms with Gasteiger partial charge in [-0.25, -0.2) is 0 Å². The van der Waals surface area contributed by atoms with Crippen molar-refractivity contribution >= 4 is 70.1 Å². The smallest absolute Gasteiger partial charge is 0.272 e. The van der Waals surface area contributed by atoms with Gasteiger partial charge in [0.15, 0.2) is 0 Å². The monoisotopic (exact) mass is 603 g/mol. The topological polar surface area (TPSA) is 87.3 Å². The van der Waals surface area contributed by atoms with Gasteiger partial charge in [-0.2, -0.15) is 0 Å². The molecular formula is C32H27Cl2N3O3S. The molecule has 4 aromatic rings. The second-order valence-corrected chi connectivity index (χ2v) is 11.1. The Kier molecular flexibility index (Phi) is 10.2. The van der Waals surface area contributed by atoms with E-state index in [9.17, 15) is 14.4 Å². The number of aryl methyl sites for hydroxylation is 2. The van der Waals surface area contributed by atoms with Crippen LogP contribution >= 0.6 is 35.0 Å². The maximum Gasteiger partial charge on any atom is 0.272 e. The molecule has 0 saturated carbocycles. The van der Waals surface area contributed by atoms with Crippen LogP contribution < -0.4 is 16.0 Å². The second kappa shape index (κ2) is 14.0. The van der Waals surface area contributed by atoms with Gasteiger partial charge in [0, 0.05) is 31.9 Å². The molecular weight excluding hydrogens is 577 g/mol. The van der Waals surface area contributed by atoms with E-state index in [1.807, 2.05) is 44.2 Å². The molecule has 4 rings (SSSR count). The number of hydrogen-bond donors (Lipinski definition) is 3. The number of nitrogens with one attached hydrogen (secondary N) is 3. The highest BCUT2D eigenvalue weighted by molar-refractivity contribution is 8.00. The van der Waals surface area contributed by atoms with Crippen LogP contribution in [0.25, 0.3) is 6.08 Å². The lowest BCUT2D eigenvalue weighted by Gasteiger charge is -2.12. The molecule has 4 aromatic carbocycles. The molecule has 0 heterocycles. The zero-order chi connectivity index (χ0) is 29.4. The van der Waals surface area contributed by atoms with Gasteiger partial charge in [-0.15, -0.1) is 11.8 Å². The molecule has 6 nitrogen and oxygen atoms in total. The highest BCUT2D eigenvalue weighted by atomic mass is 35.5. The summed E-state index contributed by atoms with van der Waals surface area (Å²) < 4.78 is 0. The summed E-state index contributed by atoms with van der Waals surface area (Å²) in [6.07, 6.45) is 1.49. The number of carbonyl (C=O) groups excluding carboxylic acids is 3. The van der Waals surface area contributed by atoms with Crippen LogP contribution in [0.15, 0.2) is 102 Å². The molecule has 0 unspecified atom stereocenters. The zero-order valence-corrected chi connectivity index (χ0v) is 24.7. The highest BCUT2D eigenvalue weighted by Crippen LogP contribution is 2.25. The average molecular weight is 605 g/mol. The third-order valence-electron chi connectivity index (χ3n) is 5.94. The van der Waals surface area contributed by atoms with Gasteiger partial charge in [0.1, 0.15) is 5.70 Å². The molecule has 0 bridgehead atoms. The van der Waals surface area contributed by atoms with E-state index in [1.165, 1.54) is 17.8 Å². The van der Waals surface area contributed by atoms with E-state index in [4.69, 9.17) is 23.2 Å². The average Bonchev–Trinajstić information content (AvgIpc) is 2.96. The molecule has 0 fully saturated rings. The fourth-order valence-corrected chi connectivity index (χ4v) is 4.92. The molecule has 0 saturated heterocycles. The standard InChI is InChI=1S/C32H27Cl2N3O3S/c1-20-8-9-21(2)28(16-20)36-30(38)19-41-26-14-12-25(13-15-26)35-32(40)29(17-23-10-11-24(33)18-27(23)34)37-31(39)22-6-4-3-5-7-22/h3-18H,19H2,1-2H3,(H,35,40)(H,36,38)(H,37,39)/b29-17-. The van der Waals surface area contributed by atoms with Gasteiger partial charge in [-0.1, -0.05) is 59.6 Å². The number of anilines is 2. The van der Waals surface area contributed by atoms with E-state index in [1.54, 1.807) is 60.7 Å². The zero-order valence-electron chi connectivity index (χ0n) is 22.3. The summed E-state index contributed by atoms with van der Waals surface area (Å²) in [7, 11) is 0. The molecule has 208 valence electrons. The summed E-state index contributed by atoms with van der Waals surface area (Å²) in [5, 5.41) is 9.23. The Balaban J connectivity index is 1.43. The molecule has 41 heavy (non-hydrogen) atoms. The maximum absolute atomic E-state index is 13.3. The third kappa shape index (κ3) is 8.72. The minimum absolute atomic E-state index is 0.00430. The van der Waals surface area contributed by atoms with Gasteiger partial charge in [0.05, 0.1) is 5.75 Å². The molecule has 0 aliphatic carbocycles. The Bertz CT molecular complexity index is 1610. The Hall–Kier alpha value is -4.04. The molecule has 0 aliphatic rings. The first-order chi connectivity index (χ1) is 19.7. The summed E-state index contributed by atoms with van der Waals surface area (Å²) >= 11 is 13.7. The SMILES string of the molecule is Cc1ccc(C)c(NC(=O)CSc2ccc(NC(=O)/C(=C/c3ccc(Cl)cc3Cl)NC(=O)c3ccccc3)cc2)c1.